The lowest BCUT2D eigenvalue weighted by molar-refractivity contribution is 1.20. The smallest absolute Gasteiger partial charge is 0.132 e. The quantitative estimate of drug-likeness (QED) is 0.606. The molecule has 0 saturated heterocycles. The molecule has 1 aromatic carbocycles. The van der Waals surface area contributed by atoms with Crippen LogP contribution in [0.1, 0.15) is 11.1 Å². The van der Waals surface area contributed by atoms with Gasteiger partial charge in [0.25, 0.3) is 0 Å². The van der Waals surface area contributed by atoms with E-state index in [-0.39, 0.29) is 0 Å². The number of halogens is 2. The van der Waals surface area contributed by atoms with Crippen LogP contribution >= 0.6 is 35.4 Å². The molecule has 0 unspecified atom stereocenters. The minimum atomic E-state index is 0.519. The molecule has 0 bridgehead atoms. The van der Waals surface area contributed by atoms with Gasteiger partial charge in [0.2, 0.25) is 0 Å². The molecule has 92 valence electrons. The first-order valence-corrected chi connectivity index (χ1v) is 6.67. The number of aromatic nitrogens is 1. The van der Waals surface area contributed by atoms with Crippen LogP contribution in [0.15, 0.2) is 42.6 Å². The molecule has 0 radical (unpaired) electrons. The summed E-state index contributed by atoms with van der Waals surface area (Å²) in [5.41, 5.74) is 2.08. The van der Waals surface area contributed by atoms with Crippen LogP contribution in [0.4, 0.5) is 0 Å². The van der Waals surface area contributed by atoms with Crippen molar-refractivity contribution in [1.82, 2.24) is 4.98 Å². The predicted octanol–water partition coefficient (Wildman–Crippen LogP) is 4.54. The number of rotatable bonds is 4. The Morgan fingerprint density at radius 1 is 1.11 bits per heavy atom. The van der Waals surface area contributed by atoms with Gasteiger partial charge in [-0.25, -0.2) is 4.98 Å². The normalized spacial score (nSPS) is 10.3. The van der Waals surface area contributed by atoms with E-state index in [4.69, 9.17) is 35.4 Å². The van der Waals surface area contributed by atoms with E-state index in [1.807, 2.05) is 36.4 Å². The van der Waals surface area contributed by atoms with E-state index in [1.165, 1.54) is 0 Å². The molecule has 0 aliphatic heterocycles. The SMILES string of the molecule is S=C(Cc1cccc(Cl)c1)Cc1cccnc1Cl. The van der Waals surface area contributed by atoms with E-state index in [9.17, 15) is 0 Å². The average molecular weight is 296 g/mol. The summed E-state index contributed by atoms with van der Waals surface area (Å²) < 4.78 is 0. The number of benzene rings is 1. The van der Waals surface area contributed by atoms with E-state index in [2.05, 4.69) is 4.98 Å². The molecule has 0 aliphatic rings. The van der Waals surface area contributed by atoms with Gasteiger partial charge in [-0.05, 0) is 29.3 Å². The largest absolute Gasteiger partial charge is 0.244 e. The molecule has 18 heavy (non-hydrogen) atoms. The number of pyridine rings is 1. The van der Waals surface area contributed by atoms with E-state index >= 15 is 0 Å². The maximum Gasteiger partial charge on any atom is 0.132 e. The van der Waals surface area contributed by atoms with Crippen molar-refractivity contribution in [2.75, 3.05) is 0 Å². The first-order chi connectivity index (χ1) is 8.65. The third kappa shape index (κ3) is 3.77. The second-order valence-electron chi connectivity index (χ2n) is 3.98. The fourth-order valence-corrected chi connectivity index (χ4v) is 2.42. The number of hydrogen-bond donors (Lipinski definition) is 0. The third-order valence-corrected chi connectivity index (χ3v) is 3.38. The van der Waals surface area contributed by atoms with Crippen molar-refractivity contribution in [3.05, 3.63) is 63.9 Å². The Hall–Kier alpha value is -0.960. The zero-order valence-electron chi connectivity index (χ0n) is 9.57. The van der Waals surface area contributed by atoms with Gasteiger partial charge in [0.1, 0.15) is 5.15 Å². The zero-order valence-corrected chi connectivity index (χ0v) is 11.9. The maximum atomic E-state index is 6.00. The molecule has 2 rings (SSSR count). The van der Waals surface area contributed by atoms with Gasteiger partial charge in [-0.15, -0.1) is 0 Å². The van der Waals surface area contributed by atoms with Crippen molar-refractivity contribution in [2.45, 2.75) is 12.8 Å². The van der Waals surface area contributed by atoms with Gasteiger partial charge in [-0.3, -0.25) is 0 Å². The van der Waals surface area contributed by atoms with Gasteiger partial charge >= 0.3 is 0 Å². The molecule has 0 atom stereocenters. The molecule has 0 saturated carbocycles. The highest BCUT2D eigenvalue weighted by molar-refractivity contribution is 7.80. The van der Waals surface area contributed by atoms with Crippen LogP contribution in [0.3, 0.4) is 0 Å². The lowest BCUT2D eigenvalue weighted by Crippen LogP contribution is -2.05. The summed E-state index contributed by atoms with van der Waals surface area (Å²) in [5.74, 6) is 0. The fourth-order valence-electron chi connectivity index (χ4n) is 1.70. The zero-order chi connectivity index (χ0) is 13.0. The lowest BCUT2D eigenvalue weighted by atomic mass is 10.1. The molecule has 2 aromatic rings. The molecule has 1 heterocycles. The van der Waals surface area contributed by atoms with E-state index < -0.39 is 0 Å². The van der Waals surface area contributed by atoms with Crippen LogP contribution in [0.5, 0.6) is 0 Å². The van der Waals surface area contributed by atoms with Crippen LogP contribution in [0.2, 0.25) is 10.2 Å². The molecule has 0 N–H and O–H groups in total. The Morgan fingerprint density at radius 2 is 1.94 bits per heavy atom. The Kier molecular flexibility index (Phi) is 4.70. The third-order valence-electron chi connectivity index (χ3n) is 2.51. The molecule has 1 nitrogen and oxygen atoms in total. The van der Waals surface area contributed by atoms with E-state index in [0.29, 0.717) is 11.6 Å². The minimum absolute atomic E-state index is 0.519. The van der Waals surface area contributed by atoms with Crippen LogP contribution in [0.25, 0.3) is 0 Å². The van der Waals surface area contributed by atoms with Crippen LogP contribution in [0, 0.1) is 0 Å². The van der Waals surface area contributed by atoms with E-state index in [0.717, 1.165) is 27.4 Å². The van der Waals surface area contributed by atoms with Crippen LogP contribution in [-0.2, 0) is 12.8 Å². The van der Waals surface area contributed by atoms with Crippen molar-refractivity contribution >= 4 is 40.3 Å². The highest BCUT2D eigenvalue weighted by atomic mass is 35.5. The maximum absolute atomic E-state index is 6.00. The Morgan fingerprint density at radius 3 is 2.67 bits per heavy atom. The molecule has 0 fully saturated rings. The molecular formula is C14H11Cl2NS. The first-order valence-electron chi connectivity index (χ1n) is 5.50. The van der Waals surface area contributed by atoms with Gasteiger partial charge in [0.15, 0.2) is 0 Å². The molecular weight excluding hydrogens is 285 g/mol. The summed E-state index contributed by atoms with van der Waals surface area (Å²) in [6, 6.07) is 11.5. The van der Waals surface area contributed by atoms with Gasteiger partial charge in [0.05, 0.1) is 0 Å². The van der Waals surface area contributed by atoms with Crippen molar-refractivity contribution in [3.8, 4) is 0 Å². The van der Waals surface area contributed by atoms with Crippen molar-refractivity contribution in [2.24, 2.45) is 0 Å². The van der Waals surface area contributed by atoms with Gasteiger partial charge in [-0.1, -0.05) is 53.6 Å². The van der Waals surface area contributed by atoms with Gasteiger partial charge < -0.3 is 0 Å². The molecule has 4 heteroatoms. The van der Waals surface area contributed by atoms with Crippen molar-refractivity contribution < 1.29 is 0 Å². The summed E-state index contributed by atoms with van der Waals surface area (Å²) in [6.45, 7) is 0. The second kappa shape index (κ2) is 6.28. The standard InChI is InChI=1S/C14H11Cl2NS/c15-12-5-1-3-10(7-12)8-13(18)9-11-4-2-6-17-14(11)16/h1-7H,8-9H2. The summed E-state index contributed by atoms with van der Waals surface area (Å²) in [4.78, 5) is 4.96. The second-order valence-corrected chi connectivity index (χ2v) is 5.35. The molecule has 0 spiro atoms. The summed E-state index contributed by atoms with van der Waals surface area (Å²) in [5, 5.41) is 1.25. The van der Waals surface area contributed by atoms with Crippen LogP contribution in [-0.4, -0.2) is 9.85 Å². The fraction of sp³-hybridized carbons (Fsp3) is 0.143. The molecule has 1 aromatic heterocycles. The van der Waals surface area contributed by atoms with Gasteiger partial charge in [0, 0.05) is 28.9 Å². The Labute approximate surface area is 122 Å². The summed E-state index contributed by atoms with van der Waals surface area (Å²) in [7, 11) is 0. The summed E-state index contributed by atoms with van der Waals surface area (Å²) >= 11 is 17.3. The molecule has 0 amide bonds. The Balaban J connectivity index is 2.03. The summed E-state index contributed by atoms with van der Waals surface area (Å²) in [6.07, 6.45) is 3.06. The lowest BCUT2D eigenvalue weighted by Gasteiger charge is -2.06. The number of hydrogen-bond acceptors (Lipinski definition) is 2. The van der Waals surface area contributed by atoms with Gasteiger partial charge in [-0.2, -0.15) is 0 Å². The highest BCUT2D eigenvalue weighted by Crippen LogP contribution is 2.16. The Bertz CT molecular complexity index is 569. The monoisotopic (exact) mass is 295 g/mol. The minimum Gasteiger partial charge on any atom is -0.244 e. The topological polar surface area (TPSA) is 12.9 Å². The van der Waals surface area contributed by atoms with Crippen molar-refractivity contribution in [3.63, 3.8) is 0 Å². The van der Waals surface area contributed by atoms with Crippen molar-refractivity contribution in [1.29, 1.82) is 0 Å². The number of nitrogens with zero attached hydrogens (tertiary/aromatic N) is 1. The first kappa shape index (κ1) is 13.5. The number of thiocarbonyl (C=S) groups is 1. The van der Waals surface area contributed by atoms with Crippen LogP contribution < -0.4 is 0 Å². The molecule has 0 aliphatic carbocycles. The van der Waals surface area contributed by atoms with E-state index in [1.54, 1.807) is 6.20 Å². The highest BCUT2D eigenvalue weighted by Gasteiger charge is 2.05. The average Bonchev–Trinajstić information content (AvgIpc) is 2.32. The predicted molar refractivity (Wildman–Crippen MR) is 80.7 cm³/mol.